The summed E-state index contributed by atoms with van der Waals surface area (Å²) in [5.74, 6) is 0. The molecule has 0 fully saturated rings. The second kappa shape index (κ2) is 7.41. The van der Waals surface area contributed by atoms with Crippen LogP contribution < -0.4 is 5.56 Å². The van der Waals surface area contributed by atoms with Crippen LogP contribution in [-0.2, 0) is 7.05 Å². The van der Waals surface area contributed by atoms with E-state index in [2.05, 4.69) is 25.1 Å². The molecule has 1 unspecified atom stereocenters. The summed E-state index contributed by atoms with van der Waals surface area (Å²) in [7, 11) is 1.82. The lowest BCUT2D eigenvalue weighted by Crippen LogP contribution is -2.13. The van der Waals surface area contributed by atoms with Gasteiger partial charge in [0.1, 0.15) is 11.2 Å². The van der Waals surface area contributed by atoms with Gasteiger partial charge in [-0.05, 0) is 29.8 Å². The first-order valence-electron chi connectivity index (χ1n) is 9.99. The van der Waals surface area contributed by atoms with Crippen LogP contribution in [0.3, 0.4) is 0 Å². The molecule has 3 aromatic heterocycles. The molecule has 0 aliphatic heterocycles. The highest BCUT2D eigenvalue weighted by Crippen LogP contribution is 2.41. The zero-order valence-corrected chi connectivity index (χ0v) is 17.4. The minimum absolute atomic E-state index is 0.291. The Labute approximate surface area is 182 Å². The Morgan fingerprint density at radius 1 is 1.09 bits per heavy atom. The van der Waals surface area contributed by atoms with Crippen molar-refractivity contribution < 1.29 is 5.11 Å². The van der Waals surface area contributed by atoms with Crippen molar-refractivity contribution in [1.29, 1.82) is 0 Å². The van der Waals surface area contributed by atoms with Crippen molar-refractivity contribution in [2.75, 3.05) is 0 Å². The summed E-state index contributed by atoms with van der Waals surface area (Å²) < 4.78 is 1.71. The SMILES string of the molecule is [C-]#[N+]c1c(-c2c(-c3ccc4c(=O)[nH]nc(C(C)O)c4n3)cnn2C)ccc2ccccc12. The van der Waals surface area contributed by atoms with Crippen LogP contribution in [0.5, 0.6) is 0 Å². The minimum Gasteiger partial charge on any atom is -0.387 e. The topological polar surface area (TPSA) is 101 Å². The number of aromatic nitrogens is 5. The summed E-state index contributed by atoms with van der Waals surface area (Å²) in [5, 5.41) is 23.1. The molecule has 156 valence electrons. The number of aromatic amines is 1. The van der Waals surface area contributed by atoms with Crippen molar-refractivity contribution >= 4 is 27.4 Å². The predicted octanol–water partition coefficient (Wildman–Crippen LogP) is 4.14. The van der Waals surface area contributed by atoms with E-state index < -0.39 is 6.10 Å². The first-order valence-corrected chi connectivity index (χ1v) is 9.99. The smallest absolute Gasteiger partial charge is 0.273 e. The molecule has 0 saturated heterocycles. The second-order valence-corrected chi connectivity index (χ2v) is 7.53. The molecule has 0 spiro atoms. The van der Waals surface area contributed by atoms with E-state index in [4.69, 9.17) is 6.57 Å². The standard InChI is InChI=1S/C24H18N6O2/c1-13(31)20-22-17(24(32)29-28-20)10-11-19(27-22)18-12-26-30(3)23(18)16-9-8-14-6-4-5-7-15(14)21(16)25-2/h4-13,31H,1,3H3,(H,29,32). The van der Waals surface area contributed by atoms with E-state index in [0.717, 1.165) is 22.0 Å². The monoisotopic (exact) mass is 422 g/mol. The molecule has 0 aliphatic carbocycles. The van der Waals surface area contributed by atoms with Crippen molar-refractivity contribution in [2.24, 2.45) is 7.05 Å². The van der Waals surface area contributed by atoms with E-state index in [9.17, 15) is 9.90 Å². The Morgan fingerprint density at radius 2 is 1.91 bits per heavy atom. The summed E-state index contributed by atoms with van der Waals surface area (Å²) >= 11 is 0. The Morgan fingerprint density at radius 3 is 2.69 bits per heavy atom. The van der Waals surface area contributed by atoms with E-state index in [1.807, 2.05) is 43.4 Å². The van der Waals surface area contributed by atoms with Crippen molar-refractivity contribution in [3.8, 4) is 22.5 Å². The van der Waals surface area contributed by atoms with Crippen LogP contribution in [0.1, 0.15) is 18.7 Å². The fourth-order valence-electron chi connectivity index (χ4n) is 4.01. The summed E-state index contributed by atoms with van der Waals surface area (Å²) in [6, 6.07) is 15.1. The molecule has 2 aromatic carbocycles. The highest BCUT2D eigenvalue weighted by atomic mass is 16.3. The molecule has 8 nitrogen and oxygen atoms in total. The van der Waals surface area contributed by atoms with Crippen molar-refractivity contribution in [1.82, 2.24) is 25.0 Å². The molecule has 2 N–H and O–H groups in total. The van der Waals surface area contributed by atoms with Gasteiger partial charge in [0, 0.05) is 18.2 Å². The number of benzene rings is 2. The molecular formula is C24H18N6O2. The van der Waals surface area contributed by atoms with Gasteiger partial charge in [-0.1, -0.05) is 36.4 Å². The second-order valence-electron chi connectivity index (χ2n) is 7.53. The molecular weight excluding hydrogens is 404 g/mol. The van der Waals surface area contributed by atoms with Crippen LogP contribution in [0.15, 0.2) is 59.5 Å². The van der Waals surface area contributed by atoms with Gasteiger partial charge in [0.2, 0.25) is 5.69 Å². The normalized spacial score (nSPS) is 12.2. The van der Waals surface area contributed by atoms with Crippen LogP contribution in [0.4, 0.5) is 5.69 Å². The number of aliphatic hydroxyl groups is 1. The number of aliphatic hydroxyl groups excluding tert-OH is 1. The van der Waals surface area contributed by atoms with Crippen molar-refractivity contribution in [3.05, 3.63) is 82.2 Å². The molecule has 5 aromatic rings. The number of aryl methyl sites for hydroxylation is 1. The number of pyridine rings is 1. The third-order valence-electron chi connectivity index (χ3n) is 5.54. The van der Waals surface area contributed by atoms with Crippen LogP contribution in [0.2, 0.25) is 0 Å². The maximum Gasteiger partial charge on any atom is 0.273 e. The zero-order valence-electron chi connectivity index (χ0n) is 17.4. The molecule has 32 heavy (non-hydrogen) atoms. The van der Waals surface area contributed by atoms with E-state index in [1.54, 1.807) is 29.9 Å². The molecule has 5 rings (SSSR count). The van der Waals surface area contributed by atoms with Gasteiger partial charge < -0.3 is 5.11 Å². The maximum atomic E-state index is 12.2. The third kappa shape index (κ3) is 2.95. The number of hydrogen-bond donors (Lipinski definition) is 2. The zero-order chi connectivity index (χ0) is 22.4. The van der Waals surface area contributed by atoms with E-state index in [1.165, 1.54) is 0 Å². The van der Waals surface area contributed by atoms with Crippen LogP contribution in [-0.4, -0.2) is 30.1 Å². The summed E-state index contributed by atoms with van der Waals surface area (Å²) in [4.78, 5) is 20.7. The minimum atomic E-state index is -0.903. The number of rotatable bonds is 3. The average Bonchev–Trinajstić information content (AvgIpc) is 3.19. The molecule has 1 atom stereocenters. The Hall–Kier alpha value is -4.35. The van der Waals surface area contributed by atoms with E-state index in [-0.39, 0.29) is 5.56 Å². The molecule has 0 radical (unpaired) electrons. The summed E-state index contributed by atoms with van der Waals surface area (Å²) in [5.41, 5.74) is 3.56. The fourth-order valence-corrected chi connectivity index (χ4v) is 4.01. The van der Waals surface area contributed by atoms with Crippen molar-refractivity contribution in [2.45, 2.75) is 13.0 Å². The first kappa shape index (κ1) is 19.6. The summed E-state index contributed by atoms with van der Waals surface area (Å²) in [6.45, 7) is 9.40. The van der Waals surface area contributed by atoms with Gasteiger partial charge in [0.25, 0.3) is 5.56 Å². The van der Waals surface area contributed by atoms with Crippen molar-refractivity contribution in [3.63, 3.8) is 0 Å². The Balaban J connectivity index is 1.79. The lowest BCUT2D eigenvalue weighted by molar-refractivity contribution is 0.194. The predicted molar refractivity (Wildman–Crippen MR) is 122 cm³/mol. The average molecular weight is 422 g/mol. The quantitative estimate of drug-likeness (QED) is 0.426. The number of hydrogen-bond acceptors (Lipinski definition) is 5. The third-order valence-corrected chi connectivity index (χ3v) is 5.54. The van der Waals surface area contributed by atoms with Gasteiger partial charge in [-0.2, -0.15) is 10.2 Å². The highest BCUT2D eigenvalue weighted by Gasteiger charge is 2.20. The molecule has 0 amide bonds. The maximum absolute atomic E-state index is 12.2. The first-order chi connectivity index (χ1) is 15.5. The highest BCUT2D eigenvalue weighted by molar-refractivity contribution is 6.03. The largest absolute Gasteiger partial charge is 0.387 e. The van der Waals surface area contributed by atoms with E-state index in [0.29, 0.717) is 33.5 Å². The van der Waals surface area contributed by atoms with Gasteiger partial charge >= 0.3 is 0 Å². The lowest BCUT2D eigenvalue weighted by Gasteiger charge is -2.12. The number of H-pyrrole nitrogens is 1. The fraction of sp³-hybridized carbons (Fsp3) is 0.125. The van der Waals surface area contributed by atoms with Gasteiger partial charge in [-0.15, -0.1) is 0 Å². The van der Waals surface area contributed by atoms with Gasteiger partial charge in [-0.25, -0.2) is 14.9 Å². The summed E-state index contributed by atoms with van der Waals surface area (Å²) in [6.07, 6.45) is 0.786. The molecule has 0 aliphatic rings. The van der Waals surface area contributed by atoms with E-state index >= 15 is 0 Å². The van der Waals surface area contributed by atoms with Gasteiger partial charge in [0.15, 0.2) is 0 Å². The van der Waals surface area contributed by atoms with Crippen LogP contribution in [0.25, 0.3) is 49.0 Å². The molecule has 0 saturated carbocycles. The molecule has 8 heteroatoms. The van der Waals surface area contributed by atoms with Crippen LogP contribution >= 0.6 is 0 Å². The lowest BCUT2D eigenvalue weighted by atomic mass is 9.98. The number of nitrogens with one attached hydrogen (secondary N) is 1. The van der Waals surface area contributed by atoms with Gasteiger partial charge in [-0.3, -0.25) is 9.48 Å². The van der Waals surface area contributed by atoms with Gasteiger partial charge in [0.05, 0.1) is 35.6 Å². The Bertz CT molecular complexity index is 1610. The Kier molecular flexibility index (Phi) is 4.54. The molecule has 0 bridgehead atoms. The number of nitrogens with zero attached hydrogens (tertiary/aromatic N) is 5. The van der Waals surface area contributed by atoms with Crippen LogP contribution in [0, 0.1) is 6.57 Å². The molecule has 3 heterocycles. The number of fused-ring (bicyclic) bond motifs is 2.